The molecule has 1 aliphatic heterocycles. The standard InChI is InChI=1S/C26H33FN2O3S/c1-3-18(2)29(26(31)19-7-4-5-8-19)16-25(30)28-13-11-24-22(12-14-33-24)23(28)17-32-21-10-6-9-20(27)15-21/h6,9-10,12,14-15,18-19,23H,3-5,7-8,11,13,16-17H2,1-2H3/t18-,23+/m1/s1. The molecule has 1 saturated carbocycles. The molecule has 7 heteroatoms. The summed E-state index contributed by atoms with van der Waals surface area (Å²) < 4.78 is 19.5. The maximum Gasteiger partial charge on any atom is 0.242 e. The molecule has 1 aromatic heterocycles. The average Bonchev–Trinajstić information content (AvgIpc) is 3.52. The van der Waals surface area contributed by atoms with E-state index in [-0.39, 0.29) is 48.8 Å². The van der Waals surface area contributed by atoms with Gasteiger partial charge in [-0.15, -0.1) is 11.3 Å². The van der Waals surface area contributed by atoms with Gasteiger partial charge in [0.15, 0.2) is 0 Å². The maximum atomic E-state index is 13.6. The Morgan fingerprint density at radius 1 is 1.27 bits per heavy atom. The second kappa shape index (κ2) is 10.7. The van der Waals surface area contributed by atoms with Crippen molar-refractivity contribution in [3.63, 3.8) is 0 Å². The second-order valence-electron chi connectivity index (χ2n) is 9.13. The van der Waals surface area contributed by atoms with E-state index in [0.29, 0.717) is 12.3 Å². The molecule has 2 aliphatic rings. The van der Waals surface area contributed by atoms with Gasteiger partial charge in [0.25, 0.3) is 0 Å². The fourth-order valence-electron chi connectivity index (χ4n) is 4.92. The largest absolute Gasteiger partial charge is 0.491 e. The summed E-state index contributed by atoms with van der Waals surface area (Å²) in [6, 6.07) is 7.89. The first-order chi connectivity index (χ1) is 16.0. The first-order valence-corrected chi connectivity index (χ1v) is 12.9. The van der Waals surface area contributed by atoms with Gasteiger partial charge in [0.2, 0.25) is 11.8 Å². The first kappa shape index (κ1) is 23.7. The maximum absolute atomic E-state index is 13.6. The molecule has 0 spiro atoms. The van der Waals surface area contributed by atoms with Crippen molar-refractivity contribution < 1.29 is 18.7 Å². The van der Waals surface area contributed by atoms with E-state index in [4.69, 9.17) is 4.74 Å². The van der Waals surface area contributed by atoms with E-state index >= 15 is 0 Å². The van der Waals surface area contributed by atoms with Crippen LogP contribution in [0.5, 0.6) is 5.75 Å². The van der Waals surface area contributed by atoms with Gasteiger partial charge in [-0.25, -0.2) is 4.39 Å². The molecule has 2 heterocycles. The molecular weight excluding hydrogens is 439 g/mol. The Bertz CT molecular complexity index is 972. The lowest BCUT2D eigenvalue weighted by Crippen LogP contribution is -2.51. The number of fused-ring (bicyclic) bond motifs is 1. The zero-order chi connectivity index (χ0) is 23.4. The van der Waals surface area contributed by atoms with Crippen LogP contribution in [-0.2, 0) is 16.0 Å². The van der Waals surface area contributed by atoms with E-state index in [9.17, 15) is 14.0 Å². The summed E-state index contributed by atoms with van der Waals surface area (Å²) in [5, 5.41) is 2.04. The Hall–Kier alpha value is -2.41. The number of hydrogen-bond donors (Lipinski definition) is 0. The third-order valence-electron chi connectivity index (χ3n) is 7.04. The van der Waals surface area contributed by atoms with Gasteiger partial charge in [0, 0.05) is 29.4 Å². The van der Waals surface area contributed by atoms with Crippen molar-refractivity contribution in [3.8, 4) is 5.75 Å². The van der Waals surface area contributed by atoms with Gasteiger partial charge in [0.1, 0.15) is 24.7 Å². The number of ether oxygens (including phenoxy) is 1. The van der Waals surface area contributed by atoms with Crippen molar-refractivity contribution in [1.29, 1.82) is 0 Å². The Kier molecular flexibility index (Phi) is 7.68. The lowest BCUT2D eigenvalue weighted by Gasteiger charge is -2.38. The lowest BCUT2D eigenvalue weighted by molar-refractivity contribution is -0.146. The van der Waals surface area contributed by atoms with E-state index in [2.05, 4.69) is 13.0 Å². The number of halogens is 1. The molecule has 0 saturated heterocycles. The smallest absolute Gasteiger partial charge is 0.242 e. The summed E-state index contributed by atoms with van der Waals surface area (Å²) >= 11 is 1.69. The molecule has 0 radical (unpaired) electrons. The van der Waals surface area contributed by atoms with Crippen LogP contribution in [0.4, 0.5) is 4.39 Å². The molecule has 33 heavy (non-hydrogen) atoms. The van der Waals surface area contributed by atoms with Gasteiger partial charge in [-0.1, -0.05) is 25.8 Å². The molecule has 4 rings (SSSR count). The van der Waals surface area contributed by atoms with E-state index in [1.54, 1.807) is 28.4 Å². The van der Waals surface area contributed by atoms with Crippen LogP contribution < -0.4 is 4.74 Å². The van der Waals surface area contributed by atoms with Crippen molar-refractivity contribution >= 4 is 23.2 Å². The van der Waals surface area contributed by atoms with Crippen LogP contribution in [0.2, 0.25) is 0 Å². The Morgan fingerprint density at radius 2 is 2.06 bits per heavy atom. The van der Waals surface area contributed by atoms with E-state index in [1.165, 1.54) is 17.0 Å². The minimum absolute atomic E-state index is 0.0190. The van der Waals surface area contributed by atoms with Crippen LogP contribution >= 0.6 is 11.3 Å². The molecule has 0 bridgehead atoms. The molecule has 0 N–H and O–H groups in total. The van der Waals surface area contributed by atoms with E-state index in [0.717, 1.165) is 44.1 Å². The van der Waals surface area contributed by atoms with Crippen LogP contribution in [0.3, 0.4) is 0 Å². The molecule has 5 nitrogen and oxygen atoms in total. The first-order valence-electron chi connectivity index (χ1n) is 12.0. The zero-order valence-electron chi connectivity index (χ0n) is 19.5. The Labute approximate surface area is 199 Å². The highest BCUT2D eigenvalue weighted by atomic mass is 32.1. The van der Waals surface area contributed by atoms with Gasteiger partial charge < -0.3 is 14.5 Å². The topological polar surface area (TPSA) is 49.9 Å². The number of benzene rings is 1. The molecule has 1 aromatic carbocycles. The van der Waals surface area contributed by atoms with Gasteiger partial charge in [-0.05, 0) is 61.7 Å². The molecule has 2 atom stereocenters. The number of thiophene rings is 1. The number of rotatable bonds is 8. The fourth-order valence-corrected chi connectivity index (χ4v) is 5.85. The summed E-state index contributed by atoms with van der Waals surface area (Å²) in [5.41, 5.74) is 1.09. The number of nitrogens with zero attached hydrogens (tertiary/aromatic N) is 2. The van der Waals surface area contributed by atoms with Gasteiger partial charge in [0.05, 0.1) is 6.04 Å². The summed E-state index contributed by atoms with van der Waals surface area (Å²) in [5.74, 6) is 0.211. The average molecular weight is 473 g/mol. The summed E-state index contributed by atoms with van der Waals surface area (Å²) in [7, 11) is 0. The summed E-state index contributed by atoms with van der Waals surface area (Å²) in [6.45, 7) is 5.02. The van der Waals surface area contributed by atoms with Crippen molar-refractivity contribution in [3.05, 3.63) is 52.0 Å². The number of carbonyl (C=O) groups excluding carboxylic acids is 2. The third kappa shape index (κ3) is 5.40. The quantitative estimate of drug-likeness (QED) is 0.530. The van der Waals surface area contributed by atoms with Crippen molar-refractivity contribution in [1.82, 2.24) is 9.80 Å². The van der Waals surface area contributed by atoms with Gasteiger partial charge in [-0.3, -0.25) is 9.59 Å². The van der Waals surface area contributed by atoms with Gasteiger partial charge >= 0.3 is 0 Å². The minimum atomic E-state index is -0.352. The fraction of sp³-hybridized carbons (Fsp3) is 0.538. The van der Waals surface area contributed by atoms with Crippen LogP contribution in [-0.4, -0.2) is 47.4 Å². The number of hydrogen-bond acceptors (Lipinski definition) is 4. The summed E-state index contributed by atoms with van der Waals surface area (Å²) in [4.78, 5) is 31.7. The number of amides is 2. The molecule has 2 aromatic rings. The van der Waals surface area contributed by atoms with Crippen molar-refractivity contribution in [2.45, 2.75) is 64.5 Å². The minimum Gasteiger partial charge on any atom is -0.491 e. The highest BCUT2D eigenvalue weighted by Crippen LogP contribution is 2.34. The predicted molar refractivity (Wildman–Crippen MR) is 128 cm³/mol. The van der Waals surface area contributed by atoms with Crippen LogP contribution in [0.1, 0.15) is 62.4 Å². The zero-order valence-corrected chi connectivity index (χ0v) is 20.3. The van der Waals surface area contributed by atoms with E-state index in [1.807, 2.05) is 17.2 Å². The normalized spacial score (nSPS) is 19.2. The molecule has 178 valence electrons. The number of carbonyl (C=O) groups is 2. The van der Waals surface area contributed by atoms with Crippen LogP contribution in [0, 0.1) is 11.7 Å². The van der Waals surface area contributed by atoms with Crippen LogP contribution in [0.25, 0.3) is 0 Å². The Morgan fingerprint density at radius 3 is 2.79 bits per heavy atom. The Balaban J connectivity index is 1.51. The van der Waals surface area contributed by atoms with Crippen LogP contribution in [0.15, 0.2) is 35.7 Å². The second-order valence-corrected chi connectivity index (χ2v) is 10.1. The lowest BCUT2D eigenvalue weighted by atomic mass is 10.00. The molecular formula is C26H33FN2O3S. The molecule has 0 unspecified atom stereocenters. The van der Waals surface area contributed by atoms with Gasteiger partial charge in [-0.2, -0.15) is 0 Å². The highest BCUT2D eigenvalue weighted by molar-refractivity contribution is 7.10. The molecule has 2 amide bonds. The van der Waals surface area contributed by atoms with Crippen molar-refractivity contribution in [2.24, 2.45) is 5.92 Å². The SMILES string of the molecule is CC[C@@H](C)N(CC(=O)N1CCc2sccc2[C@@H]1COc1cccc(F)c1)C(=O)C1CCCC1. The van der Waals surface area contributed by atoms with Crippen molar-refractivity contribution in [2.75, 3.05) is 19.7 Å². The van der Waals surface area contributed by atoms with E-state index < -0.39 is 0 Å². The third-order valence-corrected chi connectivity index (χ3v) is 8.03. The monoisotopic (exact) mass is 472 g/mol. The molecule has 1 aliphatic carbocycles. The highest BCUT2D eigenvalue weighted by Gasteiger charge is 2.36. The predicted octanol–water partition coefficient (Wildman–Crippen LogP) is 5.21. The molecule has 1 fully saturated rings. The summed E-state index contributed by atoms with van der Waals surface area (Å²) in [6.07, 6.45) is 5.64.